The summed E-state index contributed by atoms with van der Waals surface area (Å²) in [6, 6.07) is 7.19. The molecule has 0 aliphatic carbocycles. The smallest absolute Gasteiger partial charge is 0.282 e. The van der Waals surface area contributed by atoms with E-state index >= 15 is 0 Å². The number of carbonyl (C=O) groups excluding carboxylic acids is 1. The number of ether oxygens (including phenoxy) is 1. The maximum absolute atomic E-state index is 12.0. The van der Waals surface area contributed by atoms with Gasteiger partial charge in [-0.2, -0.15) is 4.99 Å². The Balaban J connectivity index is 1.94. The number of carbonyl (C=O) groups is 1. The Morgan fingerprint density at radius 3 is 2.71 bits per heavy atom. The lowest BCUT2D eigenvalue weighted by Crippen LogP contribution is -2.38. The van der Waals surface area contributed by atoms with Crippen LogP contribution in [0.3, 0.4) is 0 Å². The number of amidine groups is 2. The van der Waals surface area contributed by atoms with E-state index in [1.807, 2.05) is 0 Å². The maximum atomic E-state index is 12.0. The third-order valence-electron chi connectivity index (χ3n) is 3.11. The molecule has 0 fully saturated rings. The van der Waals surface area contributed by atoms with Gasteiger partial charge in [0.05, 0.1) is 12.7 Å². The average Bonchev–Trinajstić information content (AvgIpc) is 2.85. The van der Waals surface area contributed by atoms with E-state index in [2.05, 4.69) is 4.99 Å². The van der Waals surface area contributed by atoms with Crippen molar-refractivity contribution in [3.05, 3.63) is 47.2 Å². The first kappa shape index (κ1) is 13.1. The highest BCUT2D eigenvalue weighted by atomic mass is 16.7. The third kappa shape index (κ3) is 2.31. The van der Waals surface area contributed by atoms with Gasteiger partial charge >= 0.3 is 0 Å². The van der Waals surface area contributed by atoms with Crippen molar-refractivity contribution < 1.29 is 14.4 Å². The largest absolute Gasteiger partial charge is 0.497 e. The molecule has 21 heavy (non-hydrogen) atoms. The Morgan fingerprint density at radius 2 is 2.05 bits per heavy atom. The molecule has 1 N–H and O–H groups in total. The maximum Gasteiger partial charge on any atom is 0.282 e. The monoisotopic (exact) mass is 283 g/mol. The van der Waals surface area contributed by atoms with E-state index in [0.717, 1.165) is 11.3 Å². The fraction of sp³-hybridized carbons (Fsp3) is 0.133. The van der Waals surface area contributed by atoms with Gasteiger partial charge in [-0.15, -0.1) is 5.06 Å². The van der Waals surface area contributed by atoms with Crippen LogP contribution in [0.5, 0.6) is 5.75 Å². The molecule has 2 aliphatic rings. The van der Waals surface area contributed by atoms with E-state index in [4.69, 9.17) is 15.0 Å². The molecule has 0 saturated carbocycles. The number of benzene rings is 1. The molecule has 0 unspecified atom stereocenters. The zero-order chi connectivity index (χ0) is 15.0. The molecule has 0 spiro atoms. The topological polar surface area (TPSA) is 75.0 Å². The predicted octanol–water partition coefficient (Wildman–Crippen LogP) is 2.15. The van der Waals surface area contributed by atoms with E-state index in [9.17, 15) is 4.79 Å². The zero-order valence-corrected chi connectivity index (χ0v) is 11.6. The van der Waals surface area contributed by atoms with Crippen LogP contribution in [-0.2, 0) is 9.63 Å². The highest BCUT2D eigenvalue weighted by Crippen LogP contribution is 2.24. The molecule has 3 rings (SSSR count). The van der Waals surface area contributed by atoms with Crippen molar-refractivity contribution in [1.82, 2.24) is 5.06 Å². The Bertz CT molecular complexity index is 714. The molecule has 0 aromatic heterocycles. The summed E-state index contributed by atoms with van der Waals surface area (Å²) >= 11 is 0. The van der Waals surface area contributed by atoms with E-state index in [1.165, 1.54) is 5.06 Å². The van der Waals surface area contributed by atoms with Crippen LogP contribution >= 0.6 is 0 Å². The second-order valence-corrected chi connectivity index (χ2v) is 4.60. The number of nitrogens with zero attached hydrogens (tertiary/aromatic N) is 2. The minimum absolute atomic E-state index is 0.0195. The highest BCUT2D eigenvalue weighted by Gasteiger charge is 2.34. The lowest BCUT2D eigenvalue weighted by Gasteiger charge is -2.22. The number of fused-ring (bicyclic) bond motifs is 1. The molecular weight excluding hydrogens is 270 g/mol. The van der Waals surface area contributed by atoms with E-state index in [0.29, 0.717) is 11.6 Å². The molecule has 0 bridgehead atoms. The fourth-order valence-corrected chi connectivity index (χ4v) is 2.07. The van der Waals surface area contributed by atoms with Crippen LogP contribution in [0.25, 0.3) is 6.08 Å². The number of hydroxylamine groups is 2. The summed E-state index contributed by atoms with van der Waals surface area (Å²) in [7, 11) is 1.59. The predicted molar refractivity (Wildman–Crippen MR) is 77.8 cm³/mol. The van der Waals surface area contributed by atoms with Crippen molar-refractivity contribution >= 4 is 23.7 Å². The van der Waals surface area contributed by atoms with Gasteiger partial charge in [-0.3, -0.25) is 10.2 Å². The lowest BCUT2D eigenvalue weighted by molar-refractivity contribution is -0.114. The fourth-order valence-electron chi connectivity index (χ4n) is 2.07. The van der Waals surface area contributed by atoms with Crippen LogP contribution in [0.1, 0.15) is 12.5 Å². The van der Waals surface area contributed by atoms with Crippen molar-refractivity contribution in [3.8, 4) is 5.75 Å². The molecule has 1 amide bonds. The summed E-state index contributed by atoms with van der Waals surface area (Å²) in [5.74, 6) is 1.20. The summed E-state index contributed by atoms with van der Waals surface area (Å²) in [5.41, 5.74) is 0.971. The van der Waals surface area contributed by atoms with Crippen LogP contribution in [0.2, 0.25) is 0 Å². The Labute approximate surface area is 121 Å². The molecule has 1 aromatic carbocycles. The van der Waals surface area contributed by atoms with Gasteiger partial charge in [0, 0.05) is 6.08 Å². The molecule has 106 valence electrons. The van der Waals surface area contributed by atoms with E-state index in [-0.39, 0.29) is 11.4 Å². The quantitative estimate of drug-likeness (QED) is 0.844. The van der Waals surface area contributed by atoms with Crippen LogP contribution in [0.15, 0.2) is 46.7 Å². The Morgan fingerprint density at radius 1 is 1.33 bits per heavy atom. The van der Waals surface area contributed by atoms with Crippen LogP contribution < -0.4 is 4.74 Å². The van der Waals surface area contributed by atoms with Crippen LogP contribution in [0, 0.1) is 5.41 Å². The van der Waals surface area contributed by atoms with Gasteiger partial charge in [-0.1, -0.05) is 12.1 Å². The van der Waals surface area contributed by atoms with Crippen LogP contribution in [0.4, 0.5) is 0 Å². The van der Waals surface area contributed by atoms with Crippen molar-refractivity contribution in [2.45, 2.75) is 6.92 Å². The summed E-state index contributed by atoms with van der Waals surface area (Å²) in [5, 5.41) is 9.34. The number of nitrogens with one attached hydrogen (secondary N) is 1. The minimum atomic E-state index is -0.448. The zero-order valence-electron chi connectivity index (χ0n) is 11.6. The van der Waals surface area contributed by atoms with Gasteiger partial charge in [0.25, 0.3) is 5.91 Å². The summed E-state index contributed by atoms with van der Waals surface area (Å²) < 4.78 is 5.08. The van der Waals surface area contributed by atoms with Gasteiger partial charge in [0.2, 0.25) is 0 Å². The number of amides is 1. The third-order valence-corrected chi connectivity index (χ3v) is 3.11. The Kier molecular flexibility index (Phi) is 3.06. The van der Waals surface area contributed by atoms with Crippen LogP contribution in [-0.4, -0.2) is 29.8 Å². The van der Waals surface area contributed by atoms with Crippen molar-refractivity contribution in [2.24, 2.45) is 4.99 Å². The van der Waals surface area contributed by atoms with Crippen molar-refractivity contribution in [3.63, 3.8) is 0 Å². The highest BCUT2D eigenvalue weighted by molar-refractivity contribution is 6.32. The first-order valence-corrected chi connectivity index (χ1v) is 6.32. The number of methoxy groups -OCH3 is 1. The summed E-state index contributed by atoms with van der Waals surface area (Å²) in [6.45, 7) is 1.74. The average molecular weight is 283 g/mol. The molecular formula is C15H13N3O3. The standard InChI is InChI=1S/C15H13N3O3/c1-9-7-13-17-15(19)12(14(16)18(13)21-9)8-10-3-5-11(20-2)6-4-10/h3-8,16H,1-2H3. The summed E-state index contributed by atoms with van der Waals surface area (Å²) in [6.07, 6.45) is 3.23. The first-order valence-electron chi connectivity index (χ1n) is 6.32. The molecule has 6 heteroatoms. The minimum Gasteiger partial charge on any atom is -0.497 e. The van der Waals surface area contributed by atoms with Gasteiger partial charge in [-0.25, -0.2) is 0 Å². The first-order chi connectivity index (χ1) is 10.1. The van der Waals surface area contributed by atoms with Crippen molar-refractivity contribution in [2.75, 3.05) is 7.11 Å². The molecule has 0 atom stereocenters. The summed E-state index contributed by atoms with van der Waals surface area (Å²) in [4.78, 5) is 21.3. The molecule has 1 aromatic rings. The second-order valence-electron chi connectivity index (χ2n) is 4.60. The normalized spacial score (nSPS) is 19.1. The number of allylic oxidation sites excluding steroid dienone is 1. The molecule has 2 heterocycles. The van der Waals surface area contributed by atoms with Gasteiger partial charge in [-0.05, 0) is 30.7 Å². The number of hydrogen-bond donors (Lipinski definition) is 1. The van der Waals surface area contributed by atoms with Gasteiger partial charge in [0.1, 0.15) is 11.5 Å². The second kappa shape index (κ2) is 4.90. The molecule has 0 saturated heterocycles. The molecule has 0 radical (unpaired) electrons. The molecule has 2 aliphatic heterocycles. The lowest BCUT2D eigenvalue weighted by atomic mass is 10.1. The van der Waals surface area contributed by atoms with Gasteiger partial charge in [0.15, 0.2) is 11.7 Å². The van der Waals surface area contributed by atoms with Gasteiger partial charge < -0.3 is 9.57 Å². The molecule has 6 nitrogen and oxygen atoms in total. The van der Waals surface area contributed by atoms with E-state index < -0.39 is 5.91 Å². The number of hydrogen-bond acceptors (Lipinski definition) is 4. The SMILES string of the molecule is COc1ccc(C=C2C(=N)N3OC(C)=CC3=NC2=O)cc1. The van der Waals surface area contributed by atoms with Crippen molar-refractivity contribution in [1.29, 1.82) is 5.41 Å². The Hall–Kier alpha value is -2.89. The van der Waals surface area contributed by atoms with E-state index in [1.54, 1.807) is 50.5 Å². The number of rotatable bonds is 2. The number of aliphatic imine (C=N–C) groups is 1.